The van der Waals surface area contributed by atoms with Gasteiger partial charge >= 0.3 is 5.97 Å². The van der Waals surface area contributed by atoms with Crippen molar-refractivity contribution in [2.24, 2.45) is 0 Å². The minimum absolute atomic E-state index is 0.214. The molecular weight excluding hydrogens is 310 g/mol. The summed E-state index contributed by atoms with van der Waals surface area (Å²) in [5, 5.41) is 15.6. The first kappa shape index (κ1) is 15.8. The predicted molar refractivity (Wildman–Crippen MR) is 80.1 cm³/mol. The molecule has 0 spiro atoms. The maximum Gasteiger partial charge on any atom is 0.323 e. The molecule has 118 valence electrons. The number of aromatic nitrogens is 3. The number of nitrogens with one attached hydrogen (secondary N) is 1. The monoisotopic (exact) mass is 325 g/mol. The molecule has 0 aliphatic rings. The van der Waals surface area contributed by atoms with Crippen LogP contribution in [0.2, 0.25) is 0 Å². The zero-order chi connectivity index (χ0) is 16.3. The van der Waals surface area contributed by atoms with Crippen molar-refractivity contribution in [3.8, 4) is 28.6 Å². The van der Waals surface area contributed by atoms with Crippen molar-refractivity contribution in [3.63, 3.8) is 0 Å². The average molecular weight is 325 g/mol. The molecule has 0 saturated carbocycles. The van der Waals surface area contributed by atoms with Crippen LogP contribution in [0.25, 0.3) is 11.4 Å². The standard InChI is InChI=1S/C13H15N3O5S/c1-19-8-4-7(5-9(20-2)11(8)21-3)12-14-15-13(22)16(12)6-10(17)18/h4-5H,6H2,1-3H3,(H,15,22)(H,17,18). The van der Waals surface area contributed by atoms with Crippen LogP contribution in [-0.4, -0.2) is 47.2 Å². The summed E-state index contributed by atoms with van der Waals surface area (Å²) >= 11 is 5.06. The van der Waals surface area contributed by atoms with E-state index in [0.717, 1.165) is 0 Å². The van der Waals surface area contributed by atoms with Crippen LogP contribution in [-0.2, 0) is 11.3 Å². The summed E-state index contributed by atoms with van der Waals surface area (Å²) in [6.07, 6.45) is 0. The van der Waals surface area contributed by atoms with Crippen molar-refractivity contribution >= 4 is 18.2 Å². The van der Waals surface area contributed by atoms with Crippen LogP contribution in [0, 0.1) is 4.77 Å². The number of H-pyrrole nitrogens is 1. The zero-order valence-corrected chi connectivity index (χ0v) is 13.1. The third kappa shape index (κ3) is 2.89. The average Bonchev–Trinajstić information content (AvgIpc) is 2.86. The maximum absolute atomic E-state index is 11.0. The highest BCUT2D eigenvalue weighted by molar-refractivity contribution is 7.71. The summed E-state index contributed by atoms with van der Waals surface area (Å²) < 4.78 is 17.4. The lowest BCUT2D eigenvalue weighted by atomic mass is 10.1. The molecule has 0 bridgehead atoms. The number of aromatic amines is 1. The number of rotatable bonds is 6. The van der Waals surface area contributed by atoms with Gasteiger partial charge in [0.1, 0.15) is 6.54 Å². The minimum atomic E-state index is -1.02. The fourth-order valence-electron chi connectivity index (χ4n) is 2.03. The Morgan fingerprint density at radius 2 is 1.86 bits per heavy atom. The lowest BCUT2D eigenvalue weighted by molar-refractivity contribution is -0.137. The number of aliphatic carboxylic acids is 1. The maximum atomic E-state index is 11.0. The third-order valence-corrected chi connectivity index (χ3v) is 3.29. The van der Waals surface area contributed by atoms with E-state index in [1.54, 1.807) is 12.1 Å². The zero-order valence-electron chi connectivity index (χ0n) is 12.2. The molecule has 0 fully saturated rings. The molecule has 9 heteroatoms. The molecule has 0 radical (unpaired) electrons. The largest absolute Gasteiger partial charge is 0.493 e. The number of nitrogens with zero attached hydrogens (tertiary/aromatic N) is 2. The molecule has 22 heavy (non-hydrogen) atoms. The van der Waals surface area contributed by atoms with E-state index in [2.05, 4.69) is 10.2 Å². The topological polar surface area (TPSA) is 98.6 Å². The number of hydrogen-bond acceptors (Lipinski definition) is 6. The summed E-state index contributed by atoms with van der Waals surface area (Å²) in [5.41, 5.74) is 0.586. The summed E-state index contributed by atoms with van der Waals surface area (Å²) in [7, 11) is 4.49. The van der Waals surface area contributed by atoms with Crippen molar-refractivity contribution < 1.29 is 24.1 Å². The van der Waals surface area contributed by atoms with Crippen molar-refractivity contribution in [1.82, 2.24) is 14.8 Å². The Balaban J connectivity index is 2.63. The van der Waals surface area contributed by atoms with Gasteiger partial charge in [0, 0.05) is 5.56 Å². The van der Waals surface area contributed by atoms with E-state index < -0.39 is 5.97 Å². The molecular formula is C13H15N3O5S. The number of benzene rings is 1. The molecule has 2 aromatic rings. The van der Waals surface area contributed by atoms with E-state index in [9.17, 15) is 4.79 Å². The summed E-state index contributed by atoms with van der Waals surface area (Å²) in [5.74, 6) is 0.658. The molecule has 1 heterocycles. The molecule has 2 rings (SSSR count). The highest BCUT2D eigenvalue weighted by Crippen LogP contribution is 2.40. The summed E-state index contributed by atoms with van der Waals surface area (Å²) in [6, 6.07) is 3.34. The SMILES string of the molecule is COc1cc(-c2n[nH]c(=S)n2CC(=O)O)cc(OC)c1OC. The van der Waals surface area contributed by atoms with Crippen LogP contribution < -0.4 is 14.2 Å². The number of carboxylic acid groups (broad SMARTS) is 1. The van der Waals surface area contributed by atoms with Crippen LogP contribution >= 0.6 is 12.2 Å². The molecule has 1 aromatic carbocycles. The first-order valence-corrected chi connectivity index (χ1v) is 6.60. The van der Waals surface area contributed by atoms with Crippen LogP contribution in [0.4, 0.5) is 0 Å². The smallest absolute Gasteiger partial charge is 0.323 e. The van der Waals surface area contributed by atoms with E-state index in [0.29, 0.717) is 28.6 Å². The normalized spacial score (nSPS) is 10.3. The molecule has 0 amide bonds. The summed E-state index contributed by atoms with van der Waals surface area (Å²) in [6.45, 7) is -0.304. The molecule has 8 nitrogen and oxygen atoms in total. The fraction of sp³-hybridized carbons (Fsp3) is 0.308. The van der Waals surface area contributed by atoms with Gasteiger partial charge in [-0.3, -0.25) is 14.5 Å². The van der Waals surface area contributed by atoms with Crippen LogP contribution in [0.3, 0.4) is 0 Å². The van der Waals surface area contributed by atoms with Crippen LogP contribution in [0.1, 0.15) is 0 Å². The van der Waals surface area contributed by atoms with Gasteiger partial charge in [0.15, 0.2) is 22.1 Å². The van der Waals surface area contributed by atoms with Gasteiger partial charge in [-0.05, 0) is 24.4 Å². The van der Waals surface area contributed by atoms with Gasteiger partial charge in [-0.1, -0.05) is 0 Å². The second-order valence-corrected chi connectivity index (χ2v) is 4.63. The Morgan fingerprint density at radius 1 is 1.27 bits per heavy atom. The minimum Gasteiger partial charge on any atom is -0.493 e. The highest BCUT2D eigenvalue weighted by Gasteiger charge is 2.18. The molecule has 0 aliphatic carbocycles. The molecule has 0 aliphatic heterocycles. The second kappa shape index (κ2) is 6.48. The first-order chi connectivity index (χ1) is 10.5. The fourth-order valence-corrected chi connectivity index (χ4v) is 2.23. The van der Waals surface area contributed by atoms with E-state index in [-0.39, 0.29) is 11.3 Å². The van der Waals surface area contributed by atoms with E-state index in [1.807, 2.05) is 0 Å². The predicted octanol–water partition coefficient (Wildman–Crippen LogP) is 1.72. The van der Waals surface area contributed by atoms with Crippen LogP contribution in [0.15, 0.2) is 12.1 Å². The molecule has 0 atom stereocenters. The van der Waals surface area contributed by atoms with Gasteiger partial charge in [0.2, 0.25) is 5.75 Å². The Hall–Kier alpha value is -2.55. The van der Waals surface area contributed by atoms with Gasteiger partial charge < -0.3 is 19.3 Å². The Morgan fingerprint density at radius 3 is 2.32 bits per heavy atom. The number of carboxylic acids is 1. The highest BCUT2D eigenvalue weighted by atomic mass is 32.1. The van der Waals surface area contributed by atoms with E-state index in [1.165, 1.54) is 25.9 Å². The number of ether oxygens (including phenoxy) is 3. The van der Waals surface area contributed by atoms with Crippen molar-refractivity contribution in [3.05, 3.63) is 16.9 Å². The van der Waals surface area contributed by atoms with Gasteiger partial charge in [-0.15, -0.1) is 0 Å². The van der Waals surface area contributed by atoms with Crippen molar-refractivity contribution in [2.45, 2.75) is 6.54 Å². The molecule has 0 unspecified atom stereocenters. The second-order valence-electron chi connectivity index (χ2n) is 4.25. The number of carbonyl (C=O) groups is 1. The molecule has 0 saturated heterocycles. The quantitative estimate of drug-likeness (QED) is 0.780. The van der Waals surface area contributed by atoms with Crippen molar-refractivity contribution in [2.75, 3.05) is 21.3 Å². The Labute approximate surface area is 131 Å². The molecule has 2 N–H and O–H groups in total. The van der Waals surface area contributed by atoms with Gasteiger partial charge in [0.05, 0.1) is 21.3 Å². The lowest BCUT2D eigenvalue weighted by Crippen LogP contribution is -2.10. The van der Waals surface area contributed by atoms with Gasteiger partial charge in [-0.25, -0.2) is 0 Å². The third-order valence-electron chi connectivity index (χ3n) is 2.97. The van der Waals surface area contributed by atoms with E-state index >= 15 is 0 Å². The first-order valence-electron chi connectivity index (χ1n) is 6.19. The summed E-state index contributed by atoms with van der Waals surface area (Å²) in [4.78, 5) is 11.0. The molecule has 1 aromatic heterocycles. The lowest BCUT2D eigenvalue weighted by Gasteiger charge is -2.14. The van der Waals surface area contributed by atoms with Crippen molar-refractivity contribution in [1.29, 1.82) is 0 Å². The number of methoxy groups -OCH3 is 3. The number of hydrogen-bond donors (Lipinski definition) is 2. The van der Waals surface area contributed by atoms with Gasteiger partial charge in [-0.2, -0.15) is 5.10 Å². The van der Waals surface area contributed by atoms with Gasteiger partial charge in [0.25, 0.3) is 0 Å². The Bertz CT molecular complexity index is 727. The van der Waals surface area contributed by atoms with Crippen LogP contribution in [0.5, 0.6) is 17.2 Å². The Kier molecular flexibility index (Phi) is 4.66. The van der Waals surface area contributed by atoms with E-state index in [4.69, 9.17) is 31.5 Å².